The van der Waals surface area contributed by atoms with E-state index in [9.17, 15) is 4.79 Å². The number of nitrogens with one attached hydrogen (secondary N) is 2. The van der Waals surface area contributed by atoms with Gasteiger partial charge in [0.2, 0.25) is 5.91 Å². The minimum absolute atomic E-state index is 0.0661. The fraction of sp³-hybridized carbons (Fsp3) is 0.452. The third-order valence-corrected chi connectivity index (χ3v) is 8.36. The molecule has 2 fully saturated rings. The molecule has 9 nitrogen and oxygen atoms in total. The SMILES string of the molecule is CCC(=O)Nc1ccc(N2C(=S)NC(c3ccccn3)C2c2cc(C)n(CCCN3CCOCC3)c2C)cc1OC. The van der Waals surface area contributed by atoms with Crippen LogP contribution in [-0.2, 0) is 16.1 Å². The van der Waals surface area contributed by atoms with Crippen molar-refractivity contribution in [3.8, 4) is 5.75 Å². The van der Waals surface area contributed by atoms with E-state index in [-0.39, 0.29) is 18.0 Å². The first-order valence-electron chi connectivity index (χ1n) is 14.4. The Morgan fingerprint density at radius 1 is 1.17 bits per heavy atom. The Morgan fingerprint density at radius 2 is 1.98 bits per heavy atom. The average Bonchev–Trinajstić information content (AvgIpc) is 3.49. The van der Waals surface area contributed by atoms with Gasteiger partial charge in [-0.3, -0.25) is 14.7 Å². The van der Waals surface area contributed by atoms with Gasteiger partial charge in [-0.25, -0.2) is 0 Å². The summed E-state index contributed by atoms with van der Waals surface area (Å²) in [4.78, 5) is 21.4. The average molecular weight is 577 g/mol. The van der Waals surface area contributed by atoms with Gasteiger partial charge in [-0.2, -0.15) is 0 Å². The fourth-order valence-electron chi connectivity index (χ4n) is 5.87. The summed E-state index contributed by atoms with van der Waals surface area (Å²) in [6.45, 7) is 11.9. The molecule has 4 heterocycles. The first-order chi connectivity index (χ1) is 19.9. The van der Waals surface area contributed by atoms with Crippen molar-refractivity contribution in [2.24, 2.45) is 0 Å². The molecule has 3 aromatic rings. The van der Waals surface area contributed by atoms with Crippen LogP contribution in [0.25, 0.3) is 0 Å². The van der Waals surface area contributed by atoms with E-state index in [2.05, 4.69) is 44.9 Å². The largest absolute Gasteiger partial charge is 0.494 e. The molecule has 2 aliphatic rings. The van der Waals surface area contributed by atoms with Crippen molar-refractivity contribution in [3.05, 3.63) is 71.3 Å². The molecular weight excluding hydrogens is 536 g/mol. The predicted molar refractivity (Wildman–Crippen MR) is 166 cm³/mol. The second-order valence-corrected chi connectivity index (χ2v) is 11.0. The van der Waals surface area contributed by atoms with Gasteiger partial charge in [-0.1, -0.05) is 13.0 Å². The number of carbonyl (C=O) groups excluding carboxylic acids is 1. The molecule has 0 saturated carbocycles. The van der Waals surface area contributed by atoms with Gasteiger partial charge in [0.1, 0.15) is 5.75 Å². The molecule has 0 spiro atoms. The third kappa shape index (κ3) is 6.24. The summed E-state index contributed by atoms with van der Waals surface area (Å²) in [6, 6.07) is 13.8. The molecular formula is C31H40N6O3S. The molecule has 41 heavy (non-hydrogen) atoms. The van der Waals surface area contributed by atoms with Gasteiger partial charge in [0.05, 0.1) is 43.8 Å². The van der Waals surface area contributed by atoms with Crippen LogP contribution in [0.3, 0.4) is 0 Å². The van der Waals surface area contributed by atoms with Gasteiger partial charge in [0.25, 0.3) is 0 Å². The minimum Gasteiger partial charge on any atom is -0.494 e. The Kier molecular flexibility index (Phi) is 9.22. The topological polar surface area (TPSA) is 83.9 Å². The number of nitrogens with zero attached hydrogens (tertiary/aromatic N) is 4. The van der Waals surface area contributed by atoms with E-state index in [4.69, 9.17) is 26.7 Å². The summed E-state index contributed by atoms with van der Waals surface area (Å²) in [5.74, 6) is 0.518. The van der Waals surface area contributed by atoms with Gasteiger partial charge in [-0.15, -0.1) is 0 Å². The molecule has 2 aromatic heterocycles. The molecule has 5 rings (SSSR count). The number of pyridine rings is 1. The first-order valence-corrected chi connectivity index (χ1v) is 14.8. The Bertz CT molecular complexity index is 1370. The number of benzene rings is 1. The number of hydrogen-bond donors (Lipinski definition) is 2. The van der Waals surface area contributed by atoms with Crippen molar-refractivity contribution >= 4 is 34.6 Å². The Morgan fingerprint density at radius 3 is 2.68 bits per heavy atom. The number of aromatic nitrogens is 2. The highest BCUT2D eigenvalue weighted by molar-refractivity contribution is 7.80. The summed E-state index contributed by atoms with van der Waals surface area (Å²) >= 11 is 5.96. The van der Waals surface area contributed by atoms with Crippen LogP contribution < -0.4 is 20.3 Å². The number of amides is 1. The summed E-state index contributed by atoms with van der Waals surface area (Å²) in [7, 11) is 1.61. The van der Waals surface area contributed by atoms with Crippen LogP contribution in [0.5, 0.6) is 5.75 Å². The van der Waals surface area contributed by atoms with Gasteiger partial charge in [-0.05, 0) is 68.4 Å². The molecule has 0 radical (unpaired) electrons. The van der Waals surface area contributed by atoms with Crippen LogP contribution in [0.1, 0.15) is 54.5 Å². The van der Waals surface area contributed by atoms with E-state index in [0.29, 0.717) is 23.0 Å². The number of aryl methyl sites for hydroxylation is 1. The number of thiocarbonyl (C=S) groups is 1. The van der Waals surface area contributed by atoms with Gasteiger partial charge in [0, 0.05) is 61.9 Å². The molecule has 2 N–H and O–H groups in total. The molecule has 1 aromatic carbocycles. The summed E-state index contributed by atoms with van der Waals surface area (Å²) in [5.41, 5.74) is 6.11. The first kappa shape index (κ1) is 29.0. The quantitative estimate of drug-likeness (QED) is 0.335. The van der Waals surface area contributed by atoms with Gasteiger partial charge < -0.3 is 29.6 Å². The van der Waals surface area contributed by atoms with Crippen LogP contribution in [-0.4, -0.2) is 65.4 Å². The summed E-state index contributed by atoms with van der Waals surface area (Å²) in [5, 5.41) is 7.11. The van der Waals surface area contributed by atoms with Crippen molar-refractivity contribution < 1.29 is 14.3 Å². The Balaban J connectivity index is 1.49. The number of carbonyl (C=O) groups is 1. The zero-order valence-electron chi connectivity index (χ0n) is 24.4. The lowest BCUT2D eigenvalue weighted by atomic mass is 9.96. The maximum Gasteiger partial charge on any atom is 0.224 e. The lowest BCUT2D eigenvalue weighted by Crippen LogP contribution is -2.37. The molecule has 1 amide bonds. The number of morpholine rings is 1. The highest BCUT2D eigenvalue weighted by atomic mass is 32.1. The lowest BCUT2D eigenvalue weighted by Gasteiger charge is -2.29. The molecule has 2 saturated heterocycles. The minimum atomic E-state index is -0.142. The van der Waals surface area contributed by atoms with E-state index in [1.807, 2.05) is 49.5 Å². The van der Waals surface area contributed by atoms with Gasteiger partial charge >= 0.3 is 0 Å². The highest BCUT2D eigenvalue weighted by Gasteiger charge is 2.42. The van der Waals surface area contributed by atoms with Crippen LogP contribution >= 0.6 is 12.2 Å². The zero-order valence-corrected chi connectivity index (χ0v) is 25.2. The van der Waals surface area contributed by atoms with Gasteiger partial charge in [0.15, 0.2) is 5.11 Å². The fourth-order valence-corrected chi connectivity index (χ4v) is 6.22. The molecule has 10 heteroatoms. The molecule has 0 aliphatic carbocycles. The number of hydrogen-bond acceptors (Lipinski definition) is 6. The van der Waals surface area contributed by atoms with E-state index in [0.717, 1.165) is 57.2 Å². The second-order valence-electron chi connectivity index (χ2n) is 10.6. The molecule has 218 valence electrons. The van der Waals surface area contributed by atoms with Crippen LogP contribution in [0.4, 0.5) is 11.4 Å². The third-order valence-electron chi connectivity index (χ3n) is 8.05. The predicted octanol–water partition coefficient (Wildman–Crippen LogP) is 4.76. The van der Waals surface area contributed by atoms with Crippen LogP contribution in [0, 0.1) is 13.8 Å². The second kappa shape index (κ2) is 13.0. The summed E-state index contributed by atoms with van der Waals surface area (Å²) in [6.07, 6.45) is 3.29. The van der Waals surface area contributed by atoms with E-state index in [1.54, 1.807) is 7.11 Å². The number of rotatable bonds is 10. The molecule has 0 bridgehead atoms. The zero-order chi connectivity index (χ0) is 28.9. The maximum atomic E-state index is 12.1. The highest BCUT2D eigenvalue weighted by Crippen LogP contribution is 2.44. The van der Waals surface area contributed by atoms with E-state index in [1.165, 1.54) is 17.0 Å². The number of anilines is 2. The summed E-state index contributed by atoms with van der Waals surface area (Å²) < 4.78 is 13.6. The van der Waals surface area contributed by atoms with Crippen LogP contribution in [0.15, 0.2) is 48.7 Å². The van der Waals surface area contributed by atoms with E-state index >= 15 is 0 Å². The number of ether oxygens (including phenoxy) is 2. The number of methoxy groups -OCH3 is 1. The lowest BCUT2D eigenvalue weighted by molar-refractivity contribution is -0.115. The standard InChI is InChI=1S/C31H40N6O3S/c1-5-28(38)33-25-11-10-23(20-27(25)39-4)37-30(29(34-31(37)41)26-9-6-7-12-32-26)24-19-21(2)36(22(24)3)14-8-13-35-15-17-40-18-16-35/h6-7,9-12,19-20,29-30H,5,8,13-18H2,1-4H3,(H,33,38)(H,34,41). The van der Waals surface area contributed by atoms with Crippen molar-refractivity contribution in [2.75, 3.05) is 50.2 Å². The van der Waals surface area contributed by atoms with Crippen LogP contribution in [0.2, 0.25) is 0 Å². The van der Waals surface area contributed by atoms with Crippen molar-refractivity contribution in [2.45, 2.75) is 52.2 Å². The molecule has 2 atom stereocenters. The molecule has 2 aliphatic heterocycles. The maximum absolute atomic E-state index is 12.1. The smallest absolute Gasteiger partial charge is 0.224 e. The van der Waals surface area contributed by atoms with Crippen molar-refractivity contribution in [1.82, 2.24) is 19.8 Å². The Labute approximate surface area is 247 Å². The molecule has 2 unspecified atom stereocenters. The monoisotopic (exact) mass is 576 g/mol. The normalized spacial score (nSPS) is 19.3. The van der Waals surface area contributed by atoms with Crippen molar-refractivity contribution in [1.29, 1.82) is 0 Å². The Hall–Kier alpha value is -3.47. The van der Waals surface area contributed by atoms with Crippen molar-refractivity contribution in [3.63, 3.8) is 0 Å². The van der Waals surface area contributed by atoms with E-state index < -0.39 is 0 Å².